The van der Waals surface area contributed by atoms with Crippen molar-refractivity contribution in [2.24, 2.45) is 0 Å². The highest BCUT2D eigenvalue weighted by atomic mass is 16.5. The van der Waals surface area contributed by atoms with E-state index in [4.69, 9.17) is 14.2 Å². The SMILES string of the molecule is CCOc1ccc(/C=C/C(=O)C=C(O)/C=C/c2ccc(OCC)c(OC)c2)cc1. The number of benzene rings is 2. The zero-order chi connectivity index (χ0) is 21.1. The molecule has 2 aromatic carbocycles. The number of ether oxygens (including phenoxy) is 3. The van der Waals surface area contributed by atoms with E-state index in [2.05, 4.69) is 0 Å². The van der Waals surface area contributed by atoms with Crippen molar-refractivity contribution in [3.05, 3.63) is 77.6 Å². The maximum absolute atomic E-state index is 12.0. The first-order chi connectivity index (χ1) is 14.0. The van der Waals surface area contributed by atoms with Gasteiger partial charge in [0.1, 0.15) is 11.5 Å². The van der Waals surface area contributed by atoms with Crippen molar-refractivity contribution in [2.45, 2.75) is 13.8 Å². The molecule has 152 valence electrons. The van der Waals surface area contributed by atoms with Crippen LogP contribution in [0.15, 0.2) is 66.5 Å². The van der Waals surface area contributed by atoms with Gasteiger partial charge in [-0.1, -0.05) is 30.4 Å². The minimum Gasteiger partial charge on any atom is -0.508 e. The molecule has 0 radical (unpaired) electrons. The maximum Gasteiger partial charge on any atom is 0.182 e. The highest BCUT2D eigenvalue weighted by Crippen LogP contribution is 2.28. The Kier molecular flexibility index (Phi) is 8.57. The summed E-state index contributed by atoms with van der Waals surface area (Å²) in [5.74, 6) is 1.59. The molecule has 2 rings (SSSR count). The van der Waals surface area contributed by atoms with Gasteiger partial charge in [0.25, 0.3) is 0 Å². The summed E-state index contributed by atoms with van der Waals surface area (Å²) in [7, 11) is 1.57. The molecule has 0 saturated carbocycles. The van der Waals surface area contributed by atoms with Gasteiger partial charge in [-0.15, -0.1) is 0 Å². The van der Waals surface area contributed by atoms with Gasteiger partial charge in [-0.05, 0) is 61.4 Å². The monoisotopic (exact) mass is 394 g/mol. The van der Waals surface area contributed by atoms with Gasteiger partial charge in [0.2, 0.25) is 0 Å². The molecule has 29 heavy (non-hydrogen) atoms. The summed E-state index contributed by atoms with van der Waals surface area (Å²) in [5, 5.41) is 9.99. The summed E-state index contributed by atoms with van der Waals surface area (Å²) in [6, 6.07) is 12.8. The molecular weight excluding hydrogens is 368 g/mol. The van der Waals surface area contributed by atoms with Gasteiger partial charge in [-0.3, -0.25) is 4.79 Å². The molecule has 0 bridgehead atoms. The maximum atomic E-state index is 12.0. The summed E-state index contributed by atoms with van der Waals surface area (Å²) in [6.45, 7) is 4.97. The number of carbonyl (C=O) groups excluding carboxylic acids is 1. The van der Waals surface area contributed by atoms with Crippen molar-refractivity contribution in [3.63, 3.8) is 0 Å². The number of ketones is 1. The van der Waals surface area contributed by atoms with Crippen molar-refractivity contribution in [1.29, 1.82) is 0 Å². The molecule has 5 heteroatoms. The number of allylic oxidation sites excluding steroid dienone is 3. The molecule has 0 aliphatic carbocycles. The molecule has 0 aliphatic rings. The van der Waals surface area contributed by atoms with Gasteiger partial charge >= 0.3 is 0 Å². The van der Waals surface area contributed by atoms with Gasteiger partial charge < -0.3 is 19.3 Å². The molecule has 0 heterocycles. The zero-order valence-electron chi connectivity index (χ0n) is 16.9. The molecule has 0 spiro atoms. The molecule has 0 saturated heterocycles. The minimum absolute atomic E-state index is 0.140. The first-order valence-electron chi connectivity index (χ1n) is 9.40. The van der Waals surface area contributed by atoms with Crippen molar-refractivity contribution < 1.29 is 24.1 Å². The Morgan fingerprint density at radius 2 is 1.55 bits per heavy atom. The van der Waals surface area contributed by atoms with E-state index in [9.17, 15) is 9.90 Å². The number of carbonyl (C=O) groups is 1. The fraction of sp³-hybridized carbons (Fsp3) is 0.208. The fourth-order valence-electron chi connectivity index (χ4n) is 2.51. The summed E-state index contributed by atoms with van der Waals surface area (Å²) in [6.07, 6.45) is 7.39. The predicted molar refractivity (Wildman–Crippen MR) is 116 cm³/mol. The Labute approximate surface area is 171 Å². The highest BCUT2D eigenvalue weighted by Gasteiger charge is 2.04. The number of rotatable bonds is 10. The third-order valence-electron chi connectivity index (χ3n) is 3.86. The van der Waals surface area contributed by atoms with Crippen molar-refractivity contribution in [3.8, 4) is 17.2 Å². The summed E-state index contributed by atoms with van der Waals surface area (Å²) in [5.41, 5.74) is 1.68. The molecule has 0 fully saturated rings. The average Bonchev–Trinajstić information content (AvgIpc) is 2.73. The Morgan fingerprint density at radius 1 is 0.897 bits per heavy atom. The van der Waals surface area contributed by atoms with Crippen LogP contribution >= 0.6 is 0 Å². The molecule has 0 atom stereocenters. The number of methoxy groups -OCH3 is 1. The van der Waals surface area contributed by atoms with E-state index in [1.807, 2.05) is 44.2 Å². The van der Waals surface area contributed by atoms with Gasteiger partial charge in [-0.25, -0.2) is 0 Å². The second kappa shape index (κ2) is 11.4. The van der Waals surface area contributed by atoms with Crippen LogP contribution in [-0.4, -0.2) is 31.2 Å². The molecular formula is C24H26O5. The van der Waals surface area contributed by atoms with Crippen molar-refractivity contribution in [1.82, 2.24) is 0 Å². The van der Waals surface area contributed by atoms with Crippen LogP contribution in [0.3, 0.4) is 0 Å². The topological polar surface area (TPSA) is 65.0 Å². The van der Waals surface area contributed by atoms with E-state index in [1.54, 1.807) is 31.4 Å². The lowest BCUT2D eigenvalue weighted by molar-refractivity contribution is -0.110. The van der Waals surface area contributed by atoms with Gasteiger partial charge in [0.15, 0.2) is 17.3 Å². The quantitative estimate of drug-likeness (QED) is 0.340. The molecule has 2 aromatic rings. The predicted octanol–water partition coefficient (Wildman–Crippen LogP) is 5.23. The average molecular weight is 394 g/mol. The first kappa shape index (κ1) is 21.8. The van der Waals surface area contributed by atoms with Gasteiger partial charge in [-0.2, -0.15) is 0 Å². The molecule has 0 aliphatic heterocycles. The molecule has 0 unspecified atom stereocenters. The Balaban J connectivity index is 2.00. The molecule has 5 nitrogen and oxygen atoms in total. The van der Waals surface area contributed by atoms with Crippen LogP contribution in [0.1, 0.15) is 25.0 Å². The third kappa shape index (κ3) is 7.22. The minimum atomic E-state index is -0.315. The van der Waals surface area contributed by atoms with Crippen LogP contribution in [0.2, 0.25) is 0 Å². The lowest BCUT2D eigenvalue weighted by atomic mass is 10.1. The summed E-state index contributed by atoms with van der Waals surface area (Å²) < 4.78 is 16.2. The second-order valence-corrected chi connectivity index (χ2v) is 5.98. The summed E-state index contributed by atoms with van der Waals surface area (Å²) >= 11 is 0. The normalized spacial score (nSPS) is 11.8. The van der Waals surface area contributed by atoms with E-state index >= 15 is 0 Å². The Morgan fingerprint density at radius 3 is 2.21 bits per heavy atom. The van der Waals surface area contributed by atoms with Crippen LogP contribution in [0.25, 0.3) is 12.2 Å². The third-order valence-corrected chi connectivity index (χ3v) is 3.86. The van der Waals surface area contributed by atoms with Crippen molar-refractivity contribution >= 4 is 17.9 Å². The molecule has 0 aromatic heterocycles. The Hall–Kier alpha value is -3.47. The first-order valence-corrected chi connectivity index (χ1v) is 9.40. The molecule has 1 N–H and O–H groups in total. The van der Waals surface area contributed by atoms with E-state index in [1.165, 1.54) is 12.2 Å². The van der Waals surface area contributed by atoms with Crippen LogP contribution in [-0.2, 0) is 4.79 Å². The lowest BCUT2D eigenvalue weighted by Crippen LogP contribution is -1.95. The van der Waals surface area contributed by atoms with E-state index in [-0.39, 0.29) is 11.5 Å². The smallest absolute Gasteiger partial charge is 0.182 e. The molecule has 0 amide bonds. The van der Waals surface area contributed by atoms with E-state index in [0.717, 1.165) is 23.0 Å². The van der Waals surface area contributed by atoms with E-state index in [0.29, 0.717) is 24.7 Å². The van der Waals surface area contributed by atoms with Crippen LogP contribution in [0.4, 0.5) is 0 Å². The zero-order valence-corrected chi connectivity index (χ0v) is 16.9. The van der Waals surface area contributed by atoms with Crippen LogP contribution in [0.5, 0.6) is 17.2 Å². The Bertz CT molecular complexity index is 892. The fourth-order valence-corrected chi connectivity index (χ4v) is 2.51. The van der Waals surface area contributed by atoms with Crippen LogP contribution < -0.4 is 14.2 Å². The van der Waals surface area contributed by atoms with Gasteiger partial charge in [0, 0.05) is 6.08 Å². The van der Waals surface area contributed by atoms with Gasteiger partial charge in [0.05, 0.1) is 20.3 Å². The van der Waals surface area contributed by atoms with Crippen LogP contribution in [0, 0.1) is 0 Å². The van der Waals surface area contributed by atoms with E-state index < -0.39 is 0 Å². The summed E-state index contributed by atoms with van der Waals surface area (Å²) in [4.78, 5) is 12.0. The largest absolute Gasteiger partial charge is 0.508 e. The standard InChI is InChI=1S/C24H26O5/c1-4-28-22-13-8-18(9-14-22)6-11-20(25)17-21(26)12-7-19-10-15-23(29-5-2)24(16-19)27-3/h6-17,26H,4-5H2,1-3H3/b11-6+,12-7+,21-17?. The number of aliphatic hydroxyl groups is 1. The number of aliphatic hydroxyl groups excluding tert-OH is 1. The van der Waals surface area contributed by atoms with Crippen molar-refractivity contribution in [2.75, 3.05) is 20.3 Å². The highest BCUT2D eigenvalue weighted by molar-refractivity contribution is 6.02. The number of hydrogen-bond donors (Lipinski definition) is 1. The number of hydrogen-bond acceptors (Lipinski definition) is 5. The lowest BCUT2D eigenvalue weighted by Gasteiger charge is -2.09. The second-order valence-electron chi connectivity index (χ2n) is 5.98.